The van der Waals surface area contributed by atoms with Crippen LogP contribution >= 0.6 is 0 Å². The summed E-state index contributed by atoms with van der Waals surface area (Å²) >= 11 is 0. The van der Waals surface area contributed by atoms with Crippen molar-refractivity contribution in [2.75, 3.05) is 47.5 Å². The molecule has 2 aromatic rings. The highest BCUT2D eigenvalue weighted by molar-refractivity contribution is 5.50. The minimum atomic E-state index is -0.102. The summed E-state index contributed by atoms with van der Waals surface area (Å²) in [7, 11) is 4.95. The molecule has 0 aromatic heterocycles. The lowest BCUT2D eigenvalue weighted by molar-refractivity contribution is -1.02. The SMILES string of the molecule is COc1cc(OC)c(OC)cc1C[NH+]1CC[NH+](Cc2ccccc2F)CC1. The Morgan fingerprint density at radius 1 is 0.741 bits per heavy atom. The average Bonchev–Trinajstić information content (AvgIpc) is 2.70. The molecule has 5 nitrogen and oxygen atoms in total. The van der Waals surface area contributed by atoms with Gasteiger partial charge >= 0.3 is 0 Å². The highest BCUT2D eigenvalue weighted by atomic mass is 19.1. The van der Waals surface area contributed by atoms with Crippen LogP contribution in [0.3, 0.4) is 0 Å². The molecule has 0 unspecified atom stereocenters. The van der Waals surface area contributed by atoms with Crippen molar-refractivity contribution in [2.24, 2.45) is 0 Å². The summed E-state index contributed by atoms with van der Waals surface area (Å²) in [6.45, 7) is 5.76. The third-order valence-electron chi connectivity index (χ3n) is 5.29. The van der Waals surface area contributed by atoms with Gasteiger partial charge in [0.15, 0.2) is 11.5 Å². The van der Waals surface area contributed by atoms with Crippen LogP contribution in [0, 0.1) is 5.82 Å². The van der Waals surface area contributed by atoms with E-state index in [2.05, 4.69) is 0 Å². The summed E-state index contributed by atoms with van der Waals surface area (Å²) in [6, 6.07) is 11.0. The largest absolute Gasteiger partial charge is 0.496 e. The van der Waals surface area contributed by atoms with Gasteiger partial charge in [-0.1, -0.05) is 18.2 Å². The van der Waals surface area contributed by atoms with E-state index in [1.54, 1.807) is 33.5 Å². The molecule has 146 valence electrons. The number of piperazine rings is 1. The molecular formula is C21H29FN2O3+2. The molecule has 0 amide bonds. The van der Waals surface area contributed by atoms with Gasteiger partial charge in [-0.2, -0.15) is 0 Å². The molecule has 0 spiro atoms. The quantitative estimate of drug-likeness (QED) is 0.732. The van der Waals surface area contributed by atoms with Crippen molar-refractivity contribution in [3.05, 3.63) is 53.3 Å². The van der Waals surface area contributed by atoms with Crippen LogP contribution in [-0.2, 0) is 13.1 Å². The molecule has 0 saturated carbocycles. The molecule has 0 bridgehead atoms. The summed E-state index contributed by atoms with van der Waals surface area (Å²) in [4.78, 5) is 2.93. The maximum atomic E-state index is 13.9. The standard InChI is InChI=1S/C21H27FN2O3/c1-25-19-13-21(27-3)20(26-2)12-17(19)15-24-10-8-23(9-11-24)14-16-6-4-5-7-18(16)22/h4-7,12-13H,8-11,14-15H2,1-3H3/p+2. The number of halogens is 1. The molecule has 1 aliphatic heterocycles. The first-order valence-electron chi connectivity index (χ1n) is 9.34. The molecule has 2 aromatic carbocycles. The third kappa shape index (κ3) is 4.70. The molecule has 6 heteroatoms. The molecule has 1 heterocycles. The number of nitrogens with one attached hydrogen (secondary N) is 2. The third-order valence-corrected chi connectivity index (χ3v) is 5.29. The number of rotatable bonds is 7. The first-order valence-corrected chi connectivity index (χ1v) is 9.34. The Labute approximate surface area is 160 Å². The van der Waals surface area contributed by atoms with Crippen LogP contribution in [-0.4, -0.2) is 47.5 Å². The molecular weight excluding hydrogens is 347 g/mol. The van der Waals surface area contributed by atoms with Gasteiger partial charge in [0.05, 0.1) is 26.9 Å². The Balaban J connectivity index is 1.61. The Kier molecular flexibility index (Phi) is 6.53. The molecule has 27 heavy (non-hydrogen) atoms. The van der Waals surface area contributed by atoms with Gasteiger partial charge in [-0.05, 0) is 12.1 Å². The first-order chi connectivity index (χ1) is 13.1. The van der Waals surface area contributed by atoms with Crippen molar-refractivity contribution in [3.8, 4) is 17.2 Å². The molecule has 0 atom stereocenters. The number of hydrogen-bond donors (Lipinski definition) is 2. The second-order valence-electron chi connectivity index (χ2n) is 6.96. The molecule has 0 aliphatic carbocycles. The van der Waals surface area contributed by atoms with Gasteiger partial charge in [0.1, 0.15) is 50.8 Å². The van der Waals surface area contributed by atoms with Gasteiger partial charge in [0.25, 0.3) is 0 Å². The van der Waals surface area contributed by atoms with Crippen molar-refractivity contribution in [1.82, 2.24) is 0 Å². The van der Waals surface area contributed by atoms with Crippen LogP contribution < -0.4 is 24.0 Å². The van der Waals surface area contributed by atoms with Gasteiger partial charge in [-0.15, -0.1) is 0 Å². The minimum absolute atomic E-state index is 0.102. The van der Waals surface area contributed by atoms with E-state index < -0.39 is 0 Å². The number of ether oxygens (including phenoxy) is 3. The van der Waals surface area contributed by atoms with Crippen LogP contribution in [0.25, 0.3) is 0 Å². The Morgan fingerprint density at radius 2 is 1.26 bits per heavy atom. The molecule has 2 N–H and O–H groups in total. The van der Waals surface area contributed by atoms with Gasteiger partial charge in [-0.3, -0.25) is 0 Å². The summed E-state index contributed by atoms with van der Waals surface area (Å²) in [5, 5.41) is 0. The Hall–Kier alpha value is -2.31. The van der Waals surface area contributed by atoms with E-state index in [9.17, 15) is 4.39 Å². The fourth-order valence-electron chi connectivity index (χ4n) is 3.72. The van der Waals surface area contributed by atoms with Crippen LogP contribution in [0.2, 0.25) is 0 Å². The van der Waals surface area contributed by atoms with Crippen LogP contribution in [0.1, 0.15) is 11.1 Å². The lowest BCUT2D eigenvalue weighted by atomic mass is 10.1. The Bertz CT molecular complexity index is 761. The van der Waals surface area contributed by atoms with E-state index in [0.717, 1.165) is 61.9 Å². The molecule has 0 radical (unpaired) electrons. The summed E-state index contributed by atoms with van der Waals surface area (Å²) in [5.41, 5.74) is 1.92. The number of benzene rings is 2. The predicted molar refractivity (Wildman–Crippen MR) is 101 cm³/mol. The van der Waals surface area contributed by atoms with Gasteiger partial charge in [-0.25, -0.2) is 4.39 Å². The van der Waals surface area contributed by atoms with Gasteiger partial charge in [0, 0.05) is 11.6 Å². The molecule has 3 rings (SSSR count). The Morgan fingerprint density at radius 3 is 1.81 bits per heavy atom. The average molecular weight is 376 g/mol. The molecule has 1 fully saturated rings. The van der Waals surface area contributed by atoms with E-state index in [-0.39, 0.29) is 5.82 Å². The summed E-state index contributed by atoms with van der Waals surface area (Å²) in [5.74, 6) is 2.11. The number of methoxy groups -OCH3 is 3. The van der Waals surface area contributed by atoms with Crippen LogP contribution in [0.15, 0.2) is 36.4 Å². The van der Waals surface area contributed by atoms with Crippen molar-refractivity contribution >= 4 is 0 Å². The maximum Gasteiger partial charge on any atom is 0.164 e. The second kappa shape index (κ2) is 9.06. The van der Waals surface area contributed by atoms with Crippen molar-refractivity contribution < 1.29 is 28.4 Å². The smallest absolute Gasteiger partial charge is 0.164 e. The predicted octanol–water partition coefficient (Wildman–Crippen LogP) is 0.335. The second-order valence-corrected chi connectivity index (χ2v) is 6.96. The van der Waals surface area contributed by atoms with E-state index in [4.69, 9.17) is 14.2 Å². The fraction of sp³-hybridized carbons (Fsp3) is 0.429. The van der Waals surface area contributed by atoms with Crippen molar-refractivity contribution in [1.29, 1.82) is 0 Å². The van der Waals surface area contributed by atoms with Gasteiger partial charge < -0.3 is 24.0 Å². The first kappa shape index (κ1) is 19.5. The number of quaternary nitrogens is 2. The molecule has 1 saturated heterocycles. The van der Waals surface area contributed by atoms with Crippen LogP contribution in [0.4, 0.5) is 4.39 Å². The van der Waals surface area contributed by atoms with E-state index in [0.29, 0.717) is 5.75 Å². The lowest BCUT2D eigenvalue weighted by Gasteiger charge is -2.30. The van der Waals surface area contributed by atoms with Crippen LogP contribution in [0.5, 0.6) is 17.2 Å². The summed E-state index contributed by atoms with van der Waals surface area (Å²) in [6.07, 6.45) is 0. The van der Waals surface area contributed by atoms with E-state index >= 15 is 0 Å². The fourth-order valence-corrected chi connectivity index (χ4v) is 3.72. The lowest BCUT2D eigenvalue weighted by Crippen LogP contribution is -3.27. The monoisotopic (exact) mass is 376 g/mol. The van der Waals surface area contributed by atoms with E-state index in [1.165, 1.54) is 9.80 Å². The van der Waals surface area contributed by atoms with Crippen molar-refractivity contribution in [2.45, 2.75) is 13.1 Å². The summed E-state index contributed by atoms with van der Waals surface area (Å²) < 4.78 is 30.2. The zero-order valence-electron chi connectivity index (χ0n) is 16.3. The number of hydrogen-bond acceptors (Lipinski definition) is 3. The minimum Gasteiger partial charge on any atom is -0.496 e. The van der Waals surface area contributed by atoms with E-state index in [1.807, 2.05) is 24.3 Å². The van der Waals surface area contributed by atoms with Crippen molar-refractivity contribution in [3.63, 3.8) is 0 Å². The molecule has 1 aliphatic rings. The normalized spacial score (nSPS) is 19.6. The van der Waals surface area contributed by atoms with Gasteiger partial charge in [0.2, 0.25) is 0 Å². The zero-order valence-corrected chi connectivity index (χ0v) is 16.3. The highest BCUT2D eigenvalue weighted by Crippen LogP contribution is 2.34. The highest BCUT2D eigenvalue weighted by Gasteiger charge is 2.25. The topological polar surface area (TPSA) is 36.6 Å². The maximum absolute atomic E-state index is 13.9. The zero-order chi connectivity index (χ0) is 19.2.